The largest absolute Gasteiger partial charge is 0.479 e. The van der Waals surface area contributed by atoms with E-state index in [4.69, 9.17) is 4.74 Å². The molecule has 0 radical (unpaired) electrons. The maximum atomic E-state index is 11.5. The first-order chi connectivity index (χ1) is 9.13. The van der Waals surface area contributed by atoms with Crippen LogP contribution in [0.15, 0.2) is 18.2 Å². The molecule has 2 aliphatic rings. The van der Waals surface area contributed by atoms with Crippen LogP contribution in [0.4, 0.5) is 5.69 Å². The molecule has 1 aliphatic carbocycles. The fourth-order valence-corrected chi connectivity index (χ4v) is 2.75. The number of fused-ring (bicyclic) bond motifs is 1. The summed E-state index contributed by atoms with van der Waals surface area (Å²) in [6.07, 6.45) is 2.74. The number of ketones is 1. The highest BCUT2D eigenvalue weighted by Gasteiger charge is 2.26. The monoisotopic (exact) mass is 259 g/mol. The summed E-state index contributed by atoms with van der Waals surface area (Å²) in [5.74, 6) is 1.43. The molecule has 4 nitrogen and oxygen atoms in total. The van der Waals surface area contributed by atoms with Crippen LogP contribution >= 0.6 is 0 Å². The van der Waals surface area contributed by atoms with E-state index in [1.54, 1.807) is 6.92 Å². The molecular weight excluding hydrogens is 242 g/mol. The fraction of sp³-hybridized carbons (Fsp3) is 0.467. The number of carbonyl (C=O) groups excluding carboxylic acids is 2. The van der Waals surface area contributed by atoms with Gasteiger partial charge in [0.1, 0.15) is 11.5 Å². The molecule has 1 heterocycles. The zero-order valence-electron chi connectivity index (χ0n) is 10.9. The van der Waals surface area contributed by atoms with Crippen LogP contribution in [-0.4, -0.2) is 17.8 Å². The minimum atomic E-state index is -0.448. The second kappa shape index (κ2) is 4.68. The summed E-state index contributed by atoms with van der Waals surface area (Å²) in [5, 5.41) is 2.83. The Morgan fingerprint density at radius 2 is 1.95 bits per heavy atom. The Hall–Kier alpha value is -1.84. The number of carbonyl (C=O) groups is 2. The van der Waals surface area contributed by atoms with Crippen molar-refractivity contribution < 1.29 is 14.3 Å². The fourth-order valence-electron chi connectivity index (χ4n) is 2.75. The Morgan fingerprint density at radius 3 is 2.68 bits per heavy atom. The van der Waals surface area contributed by atoms with Crippen molar-refractivity contribution in [2.45, 2.75) is 44.6 Å². The minimum Gasteiger partial charge on any atom is -0.479 e. The molecule has 1 aromatic rings. The van der Waals surface area contributed by atoms with E-state index in [9.17, 15) is 9.59 Å². The highest BCUT2D eigenvalue weighted by molar-refractivity contribution is 5.97. The molecule has 1 aromatic carbocycles. The second-order valence-electron chi connectivity index (χ2n) is 5.32. The van der Waals surface area contributed by atoms with Crippen molar-refractivity contribution in [1.82, 2.24) is 0 Å². The summed E-state index contributed by atoms with van der Waals surface area (Å²) in [6, 6.07) is 5.93. The number of benzene rings is 1. The number of hydrogen-bond donors (Lipinski definition) is 1. The molecule has 1 atom stereocenters. The van der Waals surface area contributed by atoms with Crippen molar-refractivity contribution in [3.8, 4) is 5.75 Å². The van der Waals surface area contributed by atoms with E-state index in [1.807, 2.05) is 18.2 Å². The molecule has 3 rings (SSSR count). The molecule has 100 valence electrons. The van der Waals surface area contributed by atoms with Crippen molar-refractivity contribution in [2.24, 2.45) is 0 Å². The van der Waals surface area contributed by atoms with Gasteiger partial charge in [-0.2, -0.15) is 0 Å². The Balaban J connectivity index is 1.83. The predicted molar refractivity (Wildman–Crippen MR) is 71.4 cm³/mol. The summed E-state index contributed by atoms with van der Waals surface area (Å²) >= 11 is 0. The van der Waals surface area contributed by atoms with E-state index in [-0.39, 0.29) is 5.91 Å². The number of anilines is 1. The van der Waals surface area contributed by atoms with Gasteiger partial charge in [-0.15, -0.1) is 0 Å². The van der Waals surface area contributed by atoms with E-state index in [0.717, 1.165) is 24.3 Å². The second-order valence-corrected chi connectivity index (χ2v) is 5.32. The van der Waals surface area contributed by atoms with Crippen molar-refractivity contribution in [3.63, 3.8) is 0 Å². The number of ether oxygens (including phenoxy) is 1. The summed E-state index contributed by atoms with van der Waals surface area (Å²) < 4.78 is 5.62. The van der Waals surface area contributed by atoms with Crippen LogP contribution < -0.4 is 10.1 Å². The van der Waals surface area contributed by atoms with Crippen molar-refractivity contribution in [3.05, 3.63) is 23.8 Å². The average molecular weight is 259 g/mol. The smallest absolute Gasteiger partial charge is 0.265 e. The standard InChI is InChI=1S/C15H17NO3/c1-9-15(18)16-13-7-4-11(8-14(13)19-9)10-2-5-12(17)6-3-10/h4,7-10H,2-3,5-6H2,1H3,(H,16,18). The zero-order chi connectivity index (χ0) is 13.4. The molecular formula is C15H17NO3. The molecule has 1 unspecified atom stereocenters. The van der Waals surface area contributed by atoms with E-state index < -0.39 is 6.10 Å². The summed E-state index contributed by atoms with van der Waals surface area (Å²) in [6.45, 7) is 1.74. The van der Waals surface area contributed by atoms with Gasteiger partial charge in [0.25, 0.3) is 5.91 Å². The van der Waals surface area contributed by atoms with Crippen molar-refractivity contribution >= 4 is 17.4 Å². The lowest BCUT2D eigenvalue weighted by molar-refractivity contribution is -0.123. The van der Waals surface area contributed by atoms with Gasteiger partial charge in [0.15, 0.2) is 6.10 Å². The molecule has 0 saturated heterocycles. The van der Waals surface area contributed by atoms with Crippen LogP contribution in [0, 0.1) is 0 Å². The van der Waals surface area contributed by atoms with Crippen molar-refractivity contribution in [1.29, 1.82) is 0 Å². The summed E-state index contributed by atoms with van der Waals surface area (Å²) in [5.41, 5.74) is 1.94. The van der Waals surface area contributed by atoms with Gasteiger partial charge in [-0.1, -0.05) is 6.07 Å². The summed E-state index contributed by atoms with van der Waals surface area (Å²) in [7, 11) is 0. The quantitative estimate of drug-likeness (QED) is 0.843. The third-order valence-corrected chi connectivity index (χ3v) is 3.95. The Kier molecular flexibility index (Phi) is 3.01. The van der Waals surface area contributed by atoms with Gasteiger partial charge in [0, 0.05) is 12.8 Å². The van der Waals surface area contributed by atoms with Crippen LogP contribution in [0.2, 0.25) is 0 Å². The molecule has 1 aliphatic heterocycles. The first-order valence-electron chi connectivity index (χ1n) is 6.76. The van der Waals surface area contributed by atoms with Crippen LogP contribution in [-0.2, 0) is 9.59 Å². The SMILES string of the molecule is CC1Oc2cc(C3CCC(=O)CC3)ccc2NC1=O. The van der Waals surface area contributed by atoms with Gasteiger partial charge in [-0.05, 0) is 43.4 Å². The molecule has 1 amide bonds. The molecule has 0 bridgehead atoms. The van der Waals surface area contributed by atoms with Gasteiger partial charge in [-0.25, -0.2) is 0 Å². The Labute approximate surface area is 112 Å². The average Bonchev–Trinajstić information content (AvgIpc) is 2.40. The lowest BCUT2D eigenvalue weighted by atomic mass is 9.83. The number of amides is 1. The lowest BCUT2D eigenvalue weighted by Crippen LogP contribution is -2.34. The van der Waals surface area contributed by atoms with E-state index in [2.05, 4.69) is 5.32 Å². The molecule has 19 heavy (non-hydrogen) atoms. The van der Waals surface area contributed by atoms with E-state index in [0.29, 0.717) is 24.5 Å². The maximum Gasteiger partial charge on any atom is 0.265 e. The maximum absolute atomic E-state index is 11.5. The van der Waals surface area contributed by atoms with Gasteiger partial charge in [0.2, 0.25) is 0 Å². The third kappa shape index (κ3) is 2.35. The van der Waals surface area contributed by atoms with Crippen molar-refractivity contribution in [2.75, 3.05) is 5.32 Å². The normalized spacial score (nSPS) is 23.5. The third-order valence-electron chi connectivity index (χ3n) is 3.95. The van der Waals surface area contributed by atoms with Gasteiger partial charge >= 0.3 is 0 Å². The zero-order valence-corrected chi connectivity index (χ0v) is 10.9. The first kappa shape index (κ1) is 12.2. The van der Waals surface area contributed by atoms with Crippen LogP contribution in [0.5, 0.6) is 5.75 Å². The number of rotatable bonds is 1. The number of Topliss-reactive ketones (excluding diaryl/α,β-unsaturated/α-hetero) is 1. The minimum absolute atomic E-state index is 0.108. The number of hydrogen-bond acceptors (Lipinski definition) is 3. The van der Waals surface area contributed by atoms with Gasteiger partial charge < -0.3 is 10.1 Å². The number of nitrogens with one attached hydrogen (secondary N) is 1. The first-order valence-corrected chi connectivity index (χ1v) is 6.76. The lowest BCUT2D eigenvalue weighted by Gasteiger charge is -2.26. The van der Waals surface area contributed by atoms with E-state index >= 15 is 0 Å². The van der Waals surface area contributed by atoms with Gasteiger partial charge in [-0.3, -0.25) is 9.59 Å². The molecule has 0 aromatic heterocycles. The van der Waals surface area contributed by atoms with E-state index in [1.165, 1.54) is 5.56 Å². The van der Waals surface area contributed by atoms with Crippen LogP contribution in [0.25, 0.3) is 0 Å². The van der Waals surface area contributed by atoms with Crippen LogP contribution in [0.1, 0.15) is 44.1 Å². The Morgan fingerprint density at radius 1 is 1.21 bits per heavy atom. The summed E-state index contributed by atoms with van der Waals surface area (Å²) in [4.78, 5) is 22.8. The Bertz CT molecular complexity index is 528. The molecule has 4 heteroatoms. The topological polar surface area (TPSA) is 55.4 Å². The molecule has 1 saturated carbocycles. The highest BCUT2D eigenvalue weighted by atomic mass is 16.5. The molecule has 0 spiro atoms. The molecule has 1 N–H and O–H groups in total. The van der Waals surface area contributed by atoms with Gasteiger partial charge in [0.05, 0.1) is 5.69 Å². The van der Waals surface area contributed by atoms with Crippen LogP contribution in [0.3, 0.4) is 0 Å². The highest BCUT2D eigenvalue weighted by Crippen LogP contribution is 2.37. The molecule has 1 fully saturated rings. The predicted octanol–water partition coefficient (Wildman–Crippen LogP) is 2.63.